The Labute approximate surface area is 138 Å². The minimum atomic E-state index is -4.37. The van der Waals surface area contributed by atoms with Crippen molar-refractivity contribution < 1.29 is 23.0 Å². The molecule has 2 aromatic rings. The van der Waals surface area contributed by atoms with Crippen LogP contribution in [-0.2, 0) is 6.18 Å². The Morgan fingerprint density at radius 1 is 1.17 bits per heavy atom. The van der Waals surface area contributed by atoms with E-state index in [1.165, 1.54) is 12.1 Å². The van der Waals surface area contributed by atoms with E-state index in [9.17, 15) is 18.3 Å². The topological polar surface area (TPSA) is 54.4 Å². The van der Waals surface area contributed by atoms with Gasteiger partial charge in [0.15, 0.2) is 0 Å². The third kappa shape index (κ3) is 5.50. The second-order valence-electron chi connectivity index (χ2n) is 5.37. The van der Waals surface area contributed by atoms with Crippen LogP contribution < -0.4 is 10.1 Å². The van der Waals surface area contributed by atoms with Gasteiger partial charge in [0.1, 0.15) is 18.5 Å². The largest absolute Gasteiger partial charge is 0.491 e. The van der Waals surface area contributed by atoms with Crippen LogP contribution >= 0.6 is 0 Å². The van der Waals surface area contributed by atoms with Crippen molar-refractivity contribution in [3.8, 4) is 5.75 Å². The average molecular weight is 340 g/mol. The number of rotatable bonds is 7. The number of hydrogen-bond acceptors (Lipinski definition) is 4. The molecule has 0 saturated heterocycles. The molecule has 130 valence electrons. The molecule has 0 aliphatic rings. The first-order valence-corrected chi connectivity index (χ1v) is 7.48. The van der Waals surface area contributed by atoms with E-state index in [-0.39, 0.29) is 24.9 Å². The number of aromatic nitrogens is 1. The van der Waals surface area contributed by atoms with E-state index in [1.807, 2.05) is 25.1 Å². The molecule has 0 saturated carbocycles. The van der Waals surface area contributed by atoms with Gasteiger partial charge in [0.05, 0.1) is 11.3 Å². The molecule has 2 unspecified atom stereocenters. The molecule has 1 aromatic heterocycles. The molecule has 2 rings (SSSR count). The van der Waals surface area contributed by atoms with Crippen molar-refractivity contribution in [2.24, 2.45) is 0 Å². The van der Waals surface area contributed by atoms with Gasteiger partial charge in [0, 0.05) is 18.8 Å². The van der Waals surface area contributed by atoms with E-state index in [0.29, 0.717) is 0 Å². The summed E-state index contributed by atoms with van der Waals surface area (Å²) in [4.78, 5) is 4.21. The molecule has 0 aliphatic carbocycles. The van der Waals surface area contributed by atoms with Crippen LogP contribution in [0.15, 0.2) is 48.7 Å². The molecular formula is C17H19F3N2O2. The van der Waals surface area contributed by atoms with E-state index < -0.39 is 17.8 Å². The Balaban J connectivity index is 1.76. The first-order valence-electron chi connectivity index (χ1n) is 7.48. The molecule has 2 N–H and O–H groups in total. The lowest BCUT2D eigenvalue weighted by molar-refractivity contribution is -0.137. The standard InChI is InChI=1S/C17H19F3N2O2/c1-12(16-4-2-3-9-21-16)22-10-14(23)11-24-15-7-5-13(6-8-15)17(18,19)20/h2-9,12,14,22-23H,10-11H2,1H3. The highest BCUT2D eigenvalue weighted by Gasteiger charge is 2.30. The fourth-order valence-corrected chi connectivity index (χ4v) is 2.04. The zero-order valence-electron chi connectivity index (χ0n) is 13.1. The summed E-state index contributed by atoms with van der Waals surface area (Å²) in [7, 11) is 0. The molecular weight excluding hydrogens is 321 g/mol. The average Bonchev–Trinajstić information content (AvgIpc) is 2.58. The minimum absolute atomic E-state index is 0.0205. The third-order valence-electron chi connectivity index (χ3n) is 3.42. The van der Waals surface area contributed by atoms with Crippen molar-refractivity contribution in [3.63, 3.8) is 0 Å². The number of aliphatic hydroxyl groups excluding tert-OH is 1. The van der Waals surface area contributed by atoms with Gasteiger partial charge in [-0.05, 0) is 43.3 Å². The highest BCUT2D eigenvalue weighted by atomic mass is 19.4. The van der Waals surface area contributed by atoms with Crippen molar-refractivity contribution in [3.05, 3.63) is 59.9 Å². The highest BCUT2D eigenvalue weighted by Crippen LogP contribution is 2.30. The molecule has 0 spiro atoms. The van der Waals surface area contributed by atoms with Gasteiger partial charge in [-0.25, -0.2) is 0 Å². The number of ether oxygens (including phenoxy) is 1. The van der Waals surface area contributed by atoms with Crippen molar-refractivity contribution in [1.29, 1.82) is 0 Å². The summed E-state index contributed by atoms with van der Waals surface area (Å²) in [6, 6.07) is 9.91. The normalized spacial score (nSPS) is 14.2. The van der Waals surface area contributed by atoms with Crippen LogP contribution in [0.5, 0.6) is 5.75 Å². The molecule has 1 aromatic carbocycles. The third-order valence-corrected chi connectivity index (χ3v) is 3.42. The number of nitrogens with one attached hydrogen (secondary N) is 1. The molecule has 2 atom stereocenters. The van der Waals surface area contributed by atoms with Crippen LogP contribution in [0.2, 0.25) is 0 Å². The van der Waals surface area contributed by atoms with E-state index >= 15 is 0 Å². The summed E-state index contributed by atoms with van der Waals surface area (Å²) in [5.74, 6) is 0.278. The molecule has 1 heterocycles. The van der Waals surface area contributed by atoms with Crippen LogP contribution in [-0.4, -0.2) is 29.3 Å². The van der Waals surface area contributed by atoms with Gasteiger partial charge in [-0.15, -0.1) is 0 Å². The second kappa shape index (κ2) is 8.12. The molecule has 0 amide bonds. The van der Waals surface area contributed by atoms with Crippen molar-refractivity contribution in [2.45, 2.75) is 25.2 Å². The Bertz CT molecular complexity index is 618. The summed E-state index contributed by atoms with van der Waals surface area (Å²) in [5, 5.41) is 13.0. The molecule has 0 aliphatic heterocycles. The van der Waals surface area contributed by atoms with Gasteiger partial charge < -0.3 is 15.2 Å². The maximum Gasteiger partial charge on any atom is 0.416 e. The number of aliphatic hydroxyl groups is 1. The maximum absolute atomic E-state index is 12.5. The quantitative estimate of drug-likeness (QED) is 0.813. The van der Waals surface area contributed by atoms with Gasteiger partial charge in [0.2, 0.25) is 0 Å². The van der Waals surface area contributed by atoms with Gasteiger partial charge >= 0.3 is 6.18 Å². The van der Waals surface area contributed by atoms with Gasteiger partial charge in [0.25, 0.3) is 0 Å². The summed E-state index contributed by atoms with van der Waals surface area (Å²) in [6.07, 6.45) is -3.47. The van der Waals surface area contributed by atoms with Crippen LogP contribution in [0.25, 0.3) is 0 Å². The molecule has 0 radical (unpaired) electrons. The number of halogens is 3. The fraction of sp³-hybridized carbons (Fsp3) is 0.353. The first kappa shape index (κ1) is 18.2. The SMILES string of the molecule is CC(NCC(O)COc1ccc(C(F)(F)F)cc1)c1ccccn1. The molecule has 0 bridgehead atoms. The van der Waals surface area contributed by atoms with Crippen LogP contribution in [0.4, 0.5) is 13.2 Å². The smallest absolute Gasteiger partial charge is 0.416 e. The summed E-state index contributed by atoms with van der Waals surface area (Å²) < 4.78 is 42.7. The fourth-order valence-electron chi connectivity index (χ4n) is 2.04. The van der Waals surface area contributed by atoms with E-state index in [4.69, 9.17) is 4.74 Å². The minimum Gasteiger partial charge on any atom is -0.491 e. The molecule has 7 heteroatoms. The Hall–Kier alpha value is -2.12. The Kier molecular flexibility index (Phi) is 6.16. The van der Waals surface area contributed by atoms with Gasteiger partial charge in [-0.2, -0.15) is 13.2 Å². The number of pyridine rings is 1. The van der Waals surface area contributed by atoms with Gasteiger partial charge in [-0.1, -0.05) is 6.07 Å². The van der Waals surface area contributed by atoms with Crippen molar-refractivity contribution >= 4 is 0 Å². The summed E-state index contributed by atoms with van der Waals surface area (Å²) in [6.45, 7) is 2.18. The van der Waals surface area contributed by atoms with Crippen LogP contribution in [0.3, 0.4) is 0 Å². The Morgan fingerprint density at radius 3 is 2.46 bits per heavy atom. The zero-order chi connectivity index (χ0) is 17.6. The maximum atomic E-state index is 12.5. The number of benzene rings is 1. The van der Waals surface area contributed by atoms with Crippen LogP contribution in [0.1, 0.15) is 24.2 Å². The lowest BCUT2D eigenvalue weighted by atomic mass is 10.2. The lowest BCUT2D eigenvalue weighted by Gasteiger charge is -2.17. The second-order valence-corrected chi connectivity index (χ2v) is 5.37. The van der Waals surface area contributed by atoms with Crippen molar-refractivity contribution in [2.75, 3.05) is 13.2 Å². The first-order chi connectivity index (χ1) is 11.4. The van der Waals surface area contributed by atoms with E-state index in [0.717, 1.165) is 17.8 Å². The monoisotopic (exact) mass is 340 g/mol. The predicted octanol–water partition coefficient (Wildman–Crippen LogP) is 3.19. The molecule has 0 fully saturated rings. The summed E-state index contributed by atoms with van der Waals surface area (Å²) >= 11 is 0. The number of hydrogen-bond donors (Lipinski definition) is 2. The van der Waals surface area contributed by atoms with E-state index in [2.05, 4.69) is 10.3 Å². The Morgan fingerprint density at radius 2 is 1.88 bits per heavy atom. The molecule has 4 nitrogen and oxygen atoms in total. The van der Waals surface area contributed by atoms with E-state index in [1.54, 1.807) is 6.20 Å². The number of nitrogens with zero attached hydrogens (tertiary/aromatic N) is 1. The van der Waals surface area contributed by atoms with Crippen LogP contribution in [0, 0.1) is 0 Å². The predicted molar refractivity (Wildman–Crippen MR) is 83.6 cm³/mol. The summed E-state index contributed by atoms with van der Waals surface area (Å²) in [5.41, 5.74) is 0.120. The highest BCUT2D eigenvalue weighted by molar-refractivity contribution is 5.28. The molecule has 24 heavy (non-hydrogen) atoms. The van der Waals surface area contributed by atoms with Crippen molar-refractivity contribution in [1.82, 2.24) is 10.3 Å². The van der Waals surface area contributed by atoms with Gasteiger partial charge in [-0.3, -0.25) is 4.98 Å². The zero-order valence-corrected chi connectivity index (χ0v) is 13.1. The lowest BCUT2D eigenvalue weighted by Crippen LogP contribution is -2.33. The number of alkyl halides is 3.